The molecule has 1 atom stereocenters. The smallest absolute Gasteiger partial charge is 0.284 e. The predicted octanol–water partition coefficient (Wildman–Crippen LogP) is 2.90. The lowest BCUT2D eigenvalue weighted by Crippen LogP contribution is -2.40. The van der Waals surface area contributed by atoms with Crippen LogP contribution >= 0.6 is 15.9 Å². The Labute approximate surface area is 131 Å². The van der Waals surface area contributed by atoms with Crippen molar-refractivity contribution in [2.45, 2.75) is 25.8 Å². The van der Waals surface area contributed by atoms with Crippen LogP contribution in [0.5, 0.6) is 0 Å². The summed E-state index contributed by atoms with van der Waals surface area (Å²) in [5.41, 5.74) is 0.185. The van der Waals surface area contributed by atoms with Gasteiger partial charge < -0.3 is 10.1 Å². The van der Waals surface area contributed by atoms with Gasteiger partial charge in [0.1, 0.15) is 0 Å². The second kappa shape index (κ2) is 7.00. The molecule has 1 saturated heterocycles. The SMILES string of the molecule is CC(NC(=O)c1ccc(Br)c([N+](=O)[O-])c1)C1CCOCC1. The number of nitrogens with zero attached hydrogens (tertiary/aromatic N) is 1. The van der Waals surface area contributed by atoms with Crippen molar-refractivity contribution in [3.63, 3.8) is 0 Å². The summed E-state index contributed by atoms with van der Waals surface area (Å²) in [5.74, 6) is 0.0951. The van der Waals surface area contributed by atoms with Crippen LogP contribution in [0.4, 0.5) is 5.69 Å². The molecule has 2 rings (SSSR count). The maximum atomic E-state index is 12.2. The van der Waals surface area contributed by atoms with Gasteiger partial charge in [-0.2, -0.15) is 0 Å². The molecule has 0 aliphatic carbocycles. The zero-order valence-electron chi connectivity index (χ0n) is 11.7. The first-order chi connectivity index (χ1) is 9.99. The minimum absolute atomic E-state index is 0.0177. The summed E-state index contributed by atoms with van der Waals surface area (Å²) < 4.78 is 5.66. The lowest BCUT2D eigenvalue weighted by Gasteiger charge is -2.28. The molecule has 1 amide bonds. The maximum Gasteiger partial charge on any atom is 0.284 e. The molecule has 114 valence electrons. The molecule has 1 unspecified atom stereocenters. The highest BCUT2D eigenvalue weighted by Gasteiger charge is 2.23. The normalized spacial score (nSPS) is 17.2. The van der Waals surface area contributed by atoms with E-state index in [2.05, 4.69) is 21.2 Å². The standard InChI is InChI=1S/C14H17BrN2O4/c1-9(10-4-6-21-7-5-10)16-14(18)11-2-3-12(15)13(8-11)17(19)20/h2-3,8-10H,4-7H2,1H3,(H,16,18). The van der Waals surface area contributed by atoms with Gasteiger partial charge in [0.15, 0.2) is 0 Å². The topological polar surface area (TPSA) is 81.5 Å². The fourth-order valence-electron chi connectivity index (χ4n) is 2.42. The van der Waals surface area contributed by atoms with E-state index in [1.54, 1.807) is 6.07 Å². The van der Waals surface area contributed by atoms with Gasteiger partial charge in [0.25, 0.3) is 11.6 Å². The van der Waals surface area contributed by atoms with Crippen molar-refractivity contribution >= 4 is 27.5 Å². The molecule has 21 heavy (non-hydrogen) atoms. The number of ether oxygens (including phenoxy) is 1. The van der Waals surface area contributed by atoms with Crippen LogP contribution in [-0.4, -0.2) is 30.1 Å². The van der Waals surface area contributed by atoms with Crippen molar-refractivity contribution in [2.75, 3.05) is 13.2 Å². The molecule has 1 N–H and O–H groups in total. The Morgan fingerprint density at radius 2 is 2.14 bits per heavy atom. The number of halogens is 1. The summed E-state index contributed by atoms with van der Waals surface area (Å²) >= 11 is 3.11. The molecule has 1 aromatic carbocycles. The molecule has 0 spiro atoms. The van der Waals surface area contributed by atoms with Crippen LogP contribution < -0.4 is 5.32 Å². The highest BCUT2D eigenvalue weighted by atomic mass is 79.9. The van der Waals surface area contributed by atoms with E-state index in [1.807, 2.05) is 6.92 Å². The van der Waals surface area contributed by atoms with Crippen molar-refractivity contribution in [1.29, 1.82) is 0 Å². The Morgan fingerprint density at radius 1 is 1.48 bits per heavy atom. The van der Waals surface area contributed by atoms with Gasteiger partial charge in [-0.1, -0.05) is 0 Å². The van der Waals surface area contributed by atoms with E-state index in [-0.39, 0.29) is 17.6 Å². The van der Waals surface area contributed by atoms with Gasteiger partial charge in [-0.3, -0.25) is 14.9 Å². The number of carbonyl (C=O) groups is 1. The van der Waals surface area contributed by atoms with Crippen molar-refractivity contribution in [2.24, 2.45) is 5.92 Å². The van der Waals surface area contributed by atoms with E-state index in [0.717, 1.165) is 12.8 Å². The first-order valence-corrected chi connectivity index (χ1v) is 7.61. The van der Waals surface area contributed by atoms with E-state index in [9.17, 15) is 14.9 Å². The van der Waals surface area contributed by atoms with Crippen LogP contribution in [0.3, 0.4) is 0 Å². The Morgan fingerprint density at radius 3 is 2.76 bits per heavy atom. The first kappa shape index (κ1) is 15.9. The number of amides is 1. The molecular weight excluding hydrogens is 340 g/mol. The molecule has 0 saturated carbocycles. The molecular formula is C14H17BrN2O4. The number of carbonyl (C=O) groups excluding carboxylic acids is 1. The average molecular weight is 357 g/mol. The van der Waals surface area contributed by atoms with Crippen LogP contribution in [0.1, 0.15) is 30.1 Å². The average Bonchev–Trinajstić information content (AvgIpc) is 2.48. The van der Waals surface area contributed by atoms with E-state index in [0.29, 0.717) is 29.2 Å². The van der Waals surface area contributed by atoms with E-state index in [1.165, 1.54) is 12.1 Å². The molecule has 0 aromatic heterocycles. The quantitative estimate of drug-likeness (QED) is 0.664. The predicted molar refractivity (Wildman–Crippen MR) is 81.3 cm³/mol. The van der Waals surface area contributed by atoms with E-state index >= 15 is 0 Å². The van der Waals surface area contributed by atoms with E-state index < -0.39 is 4.92 Å². The third kappa shape index (κ3) is 4.01. The second-order valence-electron chi connectivity index (χ2n) is 5.14. The molecule has 1 aliphatic rings. The van der Waals surface area contributed by atoms with Crippen molar-refractivity contribution in [3.8, 4) is 0 Å². The third-order valence-electron chi connectivity index (χ3n) is 3.74. The largest absolute Gasteiger partial charge is 0.381 e. The Balaban J connectivity index is 2.06. The van der Waals surface area contributed by atoms with Gasteiger partial charge in [-0.25, -0.2) is 0 Å². The maximum absolute atomic E-state index is 12.2. The lowest BCUT2D eigenvalue weighted by molar-refractivity contribution is -0.385. The fourth-order valence-corrected chi connectivity index (χ4v) is 2.81. The zero-order chi connectivity index (χ0) is 15.4. The van der Waals surface area contributed by atoms with Gasteiger partial charge in [-0.05, 0) is 53.7 Å². The number of nitrogens with one attached hydrogen (secondary N) is 1. The molecule has 0 bridgehead atoms. The van der Waals surface area contributed by atoms with Crippen LogP contribution in [0.2, 0.25) is 0 Å². The molecule has 7 heteroatoms. The number of benzene rings is 1. The van der Waals surface area contributed by atoms with Crippen molar-refractivity contribution in [1.82, 2.24) is 5.32 Å². The molecule has 1 aliphatic heterocycles. The van der Waals surface area contributed by atoms with E-state index in [4.69, 9.17) is 4.74 Å². The summed E-state index contributed by atoms with van der Waals surface area (Å²) in [6, 6.07) is 4.40. The second-order valence-corrected chi connectivity index (χ2v) is 5.99. The minimum atomic E-state index is -0.511. The van der Waals surface area contributed by atoms with Gasteiger partial charge in [-0.15, -0.1) is 0 Å². The van der Waals surface area contributed by atoms with Crippen LogP contribution in [0.15, 0.2) is 22.7 Å². The van der Waals surface area contributed by atoms with Gasteiger partial charge in [0, 0.05) is 30.9 Å². The summed E-state index contributed by atoms with van der Waals surface area (Å²) in [5, 5.41) is 13.8. The third-order valence-corrected chi connectivity index (χ3v) is 4.41. The number of nitro groups is 1. The van der Waals surface area contributed by atoms with Crippen LogP contribution in [0, 0.1) is 16.0 Å². The zero-order valence-corrected chi connectivity index (χ0v) is 13.3. The van der Waals surface area contributed by atoms with Crippen molar-refractivity contribution < 1.29 is 14.5 Å². The number of hydrogen-bond donors (Lipinski definition) is 1. The molecule has 1 heterocycles. The van der Waals surface area contributed by atoms with Crippen LogP contribution in [0.25, 0.3) is 0 Å². The highest BCUT2D eigenvalue weighted by molar-refractivity contribution is 9.10. The summed E-state index contributed by atoms with van der Waals surface area (Å²) in [6.45, 7) is 3.39. The minimum Gasteiger partial charge on any atom is -0.381 e. The fraction of sp³-hybridized carbons (Fsp3) is 0.500. The van der Waals surface area contributed by atoms with Gasteiger partial charge in [0.2, 0.25) is 0 Å². The Kier molecular flexibility index (Phi) is 5.30. The first-order valence-electron chi connectivity index (χ1n) is 6.81. The van der Waals surface area contributed by atoms with Crippen LogP contribution in [-0.2, 0) is 4.74 Å². The summed E-state index contributed by atoms with van der Waals surface area (Å²) in [7, 11) is 0. The number of nitro benzene ring substituents is 1. The highest BCUT2D eigenvalue weighted by Crippen LogP contribution is 2.26. The lowest BCUT2D eigenvalue weighted by atomic mass is 9.93. The van der Waals surface area contributed by atoms with Gasteiger partial charge in [0.05, 0.1) is 9.40 Å². The summed E-state index contributed by atoms with van der Waals surface area (Å²) in [6.07, 6.45) is 1.84. The number of hydrogen-bond acceptors (Lipinski definition) is 4. The molecule has 1 aromatic rings. The Hall–Kier alpha value is -1.47. The summed E-state index contributed by atoms with van der Waals surface area (Å²) in [4.78, 5) is 22.6. The molecule has 0 radical (unpaired) electrons. The number of rotatable bonds is 4. The van der Waals surface area contributed by atoms with Crippen molar-refractivity contribution in [3.05, 3.63) is 38.3 Å². The van der Waals surface area contributed by atoms with Gasteiger partial charge >= 0.3 is 0 Å². The molecule has 1 fully saturated rings. The molecule has 6 nitrogen and oxygen atoms in total. The Bertz CT molecular complexity index is 544. The monoisotopic (exact) mass is 356 g/mol.